The van der Waals surface area contributed by atoms with E-state index in [4.69, 9.17) is 0 Å². The zero-order valence-electron chi connectivity index (χ0n) is 9.58. The van der Waals surface area contributed by atoms with Gasteiger partial charge in [0.25, 0.3) is 5.91 Å². The molecule has 1 amide bonds. The molecule has 15 heavy (non-hydrogen) atoms. The molecule has 0 aromatic heterocycles. The molecule has 0 aliphatic rings. The van der Waals surface area contributed by atoms with Crippen LogP contribution in [0.4, 0.5) is 5.69 Å². The molecule has 0 saturated carbocycles. The van der Waals surface area contributed by atoms with Gasteiger partial charge in [-0.25, -0.2) is 0 Å². The monoisotopic (exact) mass is 206 g/mol. The van der Waals surface area contributed by atoms with Crippen molar-refractivity contribution in [3.8, 4) is 0 Å². The van der Waals surface area contributed by atoms with E-state index in [0.29, 0.717) is 6.54 Å². The zero-order chi connectivity index (χ0) is 11.3. The first-order chi connectivity index (χ1) is 7.19. The van der Waals surface area contributed by atoms with Crippen LogP contribution in [-0.2, 0) is 0 Å². The Labute approximate surface area is 91.1 Å². The molecule has 0 saturated heterocycles. The largest absolute Gasteiger partial charge is 0.375 e. The smallest absolute Gasteiger partial charge is 0.251 e. The minimum absolute atomic E-state index is 0.0103. The lowest BCUT2D eigenvalue weighted by atomic mass is 10.2. The van der Waals surface area contributed by atoms with Crippen LogP contribution in [0.2, 0.25) is 0 Å². The Morgan fingerprint density at radius 1 is 1.40 bits per heavy atom. The van der Waals surface area contributed by atoms with Gasteiger partial charge in [0.15, 0.2) is 0 Å². The number of anilines is 1. The standard InChI is InChI=1S/C12H18N2O/c1-4-13-12(15)10-7-6-8-11(9-10)14(3)5-2/h6-9H,4-5H2,1-3H3,(H,13,15). The lowest BCUT2D eigenvalue weighted by Gasteiger charge is -2.17. The third kappa shape index (κ3) is 2.98. The Hall–Kier alpha value is -1.51. The van der Waals surface area contributed by atoms with Crippen molar-refractivity contribution in [1.29, 1.82) is 0 Å². The molecule has 0 aliphatic carbocycles. The van der Waals surface area contributed by atoms with Crippen molar-refractivity contribution in [1.82, 2.24) is 5.32 Å². The number of rotatable bonds is 4. The fourth-order valence-electron chi connectivity index (χ4n) is 1.33. The van der Waals surface area contributed by atoms with Gasteiger partial charge in [0, 0.05) is 31.4 Å². The summed E-state index contributed by atoms with van der Waals surface area (Å²) in [5.41, 5.74) is 1.79. The first kappa shape index (κ1) is 11.6. The van der Waals surface area contributed by atoms with Crippen LogP contribution in [-0.4, -0.2) is 26.0 Å². The number of amides is 1. The summed E-state index contributed by atoms with van der Waals surface area (Å²) in [5.74, 6) is -0.0103. The normalized spacial score (nSPS) is 9.80. The molecule has 1 N–H and O–H groups in total. The Bertz CT molecular complexity index is 336. The van der Waals surface area contributed by atoms with Crippen LogP contribution >= 0.6 is 0 Å². The molecule has 1 aromatic rings. The number of carbonyl (C=O) groups excluding carboxylic acids is 1. The summed E-state index contributed by atoms with van der Waals surface area (Å²) < 4.78 is 0. The molecule has 82 valence electrons. The molecule has 0 atom stereocenters. The molecule has 3 heteroatoms. The van der Waals surface area contributed by atoms with Crippen molar-refractivity contribution in [2.45, 2.75) is 13.8 Å². The van der Waals surface area contributed by atoms with Gasteiger partial charge in [-0.1, -0.05) is 6.07 Å². The predicted octanol–water partition coefficient (Wildman–Crippen LogP) is 1.89. The molecule has 1 aromatic carbocycles. The topological polar surface area (TPSA) is 32.3 Å². The van der Waals surface area contributed by atoms with Gasteiger partial charge in [-0.3, -0.25) is 4.79 Å². The summed E-state index contributed by atoms with van der Waals surface area (Å²) in [6.45, 7) is 5.59. The summed E-state index contributed by atoms with van der Waals surface area (Å²) >= 11 is 0. The highest BCUT2D eigenvalue weighted by atomic mass is 16.1. The average molecular weight is 206 g/mol. The fourth-order valence-corrected chi connectivity index (χ4v) is 1.33. The van der Waals surface area contributed by atoms with Gasteiger partial charge in [-0.05, 0) is 32.0 Å². The lowest BCUT2D eigenvalue weighted by molar-refractivity contribution is 0.0956. The third-order valence-corrected chi connectivity index (χ3v) is 2.36. The quantitative estimate of drug-likeness (QED) is 0.816. The van der Waals surface area contributed by atoms with Gasteiger partial charge < -0.3 is 10.2 Å². The maximum atomic E-state index is 11.6. The van der Waals surface area contributed by atoms with Gasteiger partial charge in [0.2, 0.25) is 0 Å². The first-order valence-corrected chi connectivity index (χ1v) is 5.28. The van der Waals surface area contributed by atoms with E-state index >= 15 is 0 Å². The van der Waals surface area contributed by atoms with E-state index in [2.05, 4.69) is 17.1 Å². The molecular formula is C12H18N2O. The van der Waals surface area contributed by atoms with Crippen molar-refractivity contribution in [2.75, 3.05) is 25.0 Å². The molecule has 0 spiro atoms. The number of nitrogens with zero attached hydrogens (tertiary/aromatic N) is 1. The molecule has 0 unspecified atom stereocenters. The highest BCUT2D eigenvalue weighted by Gasteiger charge is 2.05. The number of carbonyl (C=O) groups is 1. The van der Waals surface area contributed by atoms with Crippen LogP contribution in [0.15, 0.2) is 24.3 Å². The molecular weight excluding hydrogens is 188 g/mol. The second kappa shape index (κ2) is 5.39. The first-order valence-electron chi connectivity index (χ1n) is 5.28. The average Bonchev–Trinajstić information content (AvgIpc) is 2.28. The van der Waals surface area contributed by atoms with Crippen molar-refractivity contribution >= 4 is 11.6 Å². The van der Waals surface area contributed by atoms with Crippen molar-refractivity contribution < 1.29 is 4.79 Å². The molecule has 3 nitrogen and oxygen atoms in total. The highest BCUT2D eigenvalue weighted by Crippen LogP contribution is 2.14. The fraction of sp³-hybridized carbons (Fsp3) is 0.417. The SMILES string of the molecule is CCNC(=O)c1cccc(N(C)CC)c1. The molecule has 0 bridgehead atoms. The van der Waals surface area contributed by atoms with E-state index in [0.717, 1.165) is 17.8 Å². The Balaban J connectivity index is 2.87. The molecule has 0 radical (unpaired) electrons. The Kier molecular flexibility index (Phi) is 4.16. The van der Waals surface area contributed by atoms with E-state index in [-0.39, 0.29) is 5.91 Å². The van der Waals surface area contributed by atoms with Crippen molar-refractivity contribution in [3.63, 3.8) is 0 Å². The van der Waals surface area contributed by atoms with E-state index in [1.165, 1.54) is 0 Å². The Morgan fingerprint density at radius 3 is 2.73 bits per heavy atom. The van der Waals surface area contributed by atoms with E-state index in [9.17, 15) is 4.79 Å². The predicted molar refractivity (Wildman–Crippen MR) is 63.4 cm³/mol. The van der Waals surface area contributed by atoms with Crippen molar-refractivity contribution in [2.24, 2.45) is 0 Å². The summed E-state index contributed by atoms with van der Waals surface area (Å²) in [6, 6.07) is 7.66. The zero-order valence-corrected chi connectivity index (χ0v) is 9.58. The lowest BCUT2D eigenvalue weighted by Crippen LogP contribution is -2.23. The number of hydrogen-bond acceptors (Lipinski definition) is 2. The van der Waals surface area contributed by atoms with Gasteiger partial charge in [-0.2, -0.15) is 0 Å². The van der Waals surface area contributed by atoms with Crippen LogP contribution in [0.5, 0.6) is 0 Å². The summed E-state index contributed by atoms with van der Waals surface area (Å²) in [7, 11) is 2.01. The molecule has 1 rings (SSSR count). The van der Waals surface area contributed by atoms with Crippen LogP contribution < -0.4 is 10.2 Å². The van der Waals surface area contributed by atoms with Gasteiger partial charge in [-0.15, -0.1) is 0 Å². The third-order valence-electron chi connectivity index (χ3n) is 2.36. The molecule has 0 fully saturated rings. The van der Waals surface area contributed by atoms with Crippen LogP contribution in [0.25, 0.3) is 0 Å². The van der Waals surface area contributed by atoms with Gasteiger partial charge >= 0.3 is 0 Å². The van der Waals surface area contributed by atoms with Crippen LogP contribution in [0, 0.1) is 0 Å². The van der Waals surface area contributed by atoms with Gasteiger partial charge in [0.05, 0.1) is 0 Å². The Morgan fingerprint density at radius 2 is 2.13 bits per heavy atom. The minimum Gasteiger partial charge on any atom is -0.375 e. The summed E-state index contributed by atoms with van der Waals surface area (Å²) in [6.07, 6.45) is 0. The maximum absolute atomic E-state index is 11.6. The highest BCUT2D eigenvalue weighted by molar-refractivity contribution is 5.95. The van der Waals surface area contributed by atoms with Gasteiger partial charge in [0.1, 0.15) is 0 Å². The minimum atomic E-state index is -0.0103. The van der Waals surface area contributed by atoms with Crippen molar-refractivity contribution in [3.05, 3.63) is 29.8 Å². The second-order valence-corrected chi connectivity index (χ2v) is 3.42. The maximum Gasteiger partial charge on any atom is 0.251 e. The van der Waals surface area contributed by atoms with Crippen LogP contribution in [0.3, 0.4) is 0 Å². The van der Waals surface area contributed by atoms with E-state index in [1.807, 2.05) is 38.2 Å². The number of nitrogens with one attached hydrogen (secondary N) is 1. The second-order valence-electron chi connectivity index (χ2n) is 3.42. The van der Waals surface area contributed by atoms with E-state index < -0.39 is 0 Å². The van der Waals surface area contributed by atoms with Crippen LogP contribution in [0.1, 0.15) is 24.2 Å². The summed E-state index contributed by atoms with van der Waals surface area (Å²) in [4.78, 5) is 13.7. The summed E-state index contributed by atoms with van der Waals surface area (Å²) in [5, 5.41) is 2.79. The molecule has 0 aliphatic heterocycles. The number of benzene rings is 1. The molecule has 0 heterocycles. The number of hydrogen-bond donors (Lipinski definition) is 1. The van der Waals surface area contributed by atoms with E-state index in [1.54, 1.807) is 0 Å².